The van der Waals surface area contributed by atoms with Crippen LogP contribution in [-0.2, 0) is 17.8 Å². The van der Waals surface area contributed by atoms with Crippen LogP contribution in [0, 0.1) is 0 Å². The predicted molar refractivity (Wildman–Crippen MR) is 109 cm³/mol. The number of amides is 1. The van der Waals surface area contributed by atoms with E-state index in [0.717, 1.165) is 28.3 Å². The Hall–Kier alpha value is -2.36. The zero-order chi connectivity index (χ0) is 19.5. The first-order valence-electron chi connectivity index (χ1n) is 9.11. The van der Waals surface area contributed by atoms with E-state index in [4.69, 9.17) is 4.52 Å². The molecular formula is C19H21N5O2S2. The van der Waals surface area contributed by atoms with Gasteiger partial charge in [-0.2, -0.15) is 10.1 Å². The second-order valence-corrected chi connectivity index (χ2v) is 8.55. The third kappa shape index (κ3) is 4.06. The van der Waals surface area contributed by atoms with Crippen molar-refractivity contribution in [3.05, 3.63) is 56.5 Å². The van der Waals surface area contributed by atoms with Crippen LogP contribution >= 0.6 is 22.7 Å². The topological polar surface area (TPSA) is 74.8 Å². The molecule has 0 radical (unpaired) electrons. The molecule has 0 spiro atoms. The minimum atomic E-state index is -0.0481. The molecule has 1 aliphatic heterocycles. The number of aryl methyl sites for hydroxylation is 1. The highest BCUT2D eigenvalue weighted by molar-refractivity contribution is 7.12. The second kappa shape index (κ2) is 8.34. The molecule has 28 heavy (non-hydrogen) atoms. The first-order valence-corrected chi connectivity index (χ1v) is 10.9. The van der Waals surface area contributed by atoms with Crippen molar-refractivity contribution in [1.82, 2.24) is 20.0 Å². The highest BCUT2D eigenvalue weighted by Gasteiger charge is 2.34. The van der Waals surface area contributed by atoms with Crippen LogP contribution in [0.5, 0.6) is 0 Å². The van der Waals surface area contributed by atoms with Crippen molar-refractivity contribution in [2.75, 3.05) is 13.6 Å². The Morgan fingerprint density at radius 2 is 2.14 bits per heavy atom. The van der Waals surface area contributed by atoms with Crippen LogP contribution in [-0.4, -0.2) is 45.3 Å². The van der Waals surface area contributed by atoms with Crippen molar-refractivity contribution in [3.8, 4) is 0 Å². The minimum Gasteiger partial charge on any atom is -0.338 e. The van der Waals surface area contributed by atoms with E-state index in [1.807, 2.05) is 41.8 Å². The van der Waals surface area contributed by atoms with E-state index < -0.39 is 0 Å². The smallest absolute Gasteiger partial charge is 0.257 e. The van der Waals surface area contributed by atoms with Gasteiger partial charge in [0.25, 0.3) is 5.91 Å². The molecule has 0 aromatic carbocycles. The van der Waals surface area contributed by atoms with Gasteiger partial charge < -0.3 is 4.52 Å². The molecular weight excluding hydrogens is 394 g/mol. The van der Waals surface area contributed by atoms with Crippen molar-refractivity contribution in [3.63, 3.8) is 0 Å². The molecule has 4 heterocycles. The lowest BCUT2D eigenvalue weighted by atomic mass is 10.1. The third-order valence-corrected chi connectivity index (χ3v) is 6.37. The number of rotatable bonds is 7. The lowest BCUT2D eigenvalue weighted by Crippen LogP contribution is -2.36. The molecule has 1 unspecified atom stereocenters. The van der Waals surface area contributed by atoms with E-state index in [2.05, 4.69) is 27.4 Å². The van der Waals surface area contributed by atoms with Gasteiger partial charge in [-0.05, 0) is 29.9 Å². The van der Waals surface area contributed by atoms with Crippen molar-refractivity contribution in [2.45, 2.75) is 32.4 Å². The zero-order valence-corrected chi connectivity index (χ0v) is 17.4. The first kappa shape index (κ1) is 19.0. The van der Waals surface area contributed by atoms with Crippen LogP contribution in [0.25, 0.3) is 0 Å². The molecule has 7 nitrogen and oxygen atoms in total. The monoisotopic (exact) mass is 415 g/mol. The Kier molecular flexibility index (Phi) is 5.65. The molecule has 0 fully saturated rings. The number of hydrogen-bond donors (Lipinski definition) is 0. The minimum absolute atomic E-state index is 0.0392. The van der Waals surface area contributed by atoms with E-state index in [1.165, 1.54) is 0 Å². The fourth-order valence-electron chi connectivity index (χ4n) is 3.12. The van der Waals surface area contributed by atoms with E-state index in [9.17, 15) is 4.79 Å². The van der Waals surface area contributed by atoms with E-state index in [1.54, 1.807) is 27.7 Å². The van der Waals surface area contributed by atoms with Crippen LogP contribution in [0.4, 0.5) is 0 Å². The SMILES string of the molecule is CCc1noc(CN(C)CC(=O)N2N=C(c3cccs3)CC2c2cccs2)n1. The summed E-state index contributed by atoms with van der Waals surface area (Å²) in [5.41, 5.74) is 0.967. The number of nitrogens with zero attached hydrogens (tertiary/aromatic N) is 5. The highest BCUT2D eigenvalue weighted by atomic mass is 32.1. The molecule has 146 valence electrons. The molecule has 0 saturated heterocycles. The molecule has 0 bridgehead atoms. The summed E-state index contributed by atoms with van der Waals surface area (Å²) in [7, 11) is 1.87. The van der Waals surface area contributed by atoms with Crippen molar-refractivity contribution in [2.24, 2.45) is 5.10 Å². The summed E-state index contributed by atoms with van der Waals surface area (Å²) in [6.45, 7) is 2.63. The van der Waals surface area contributed by atoms with Crippen LogP contribution in [0.3, 0.4) is 0 Å². The number of carbonyl (C=O) groups excluding carboxylic acids is 1. The predicted octanol–water partition coefficient (Wildman–Crippen LogP) is 3.56. The molecule has 3 aromatic heterocycles. The van der Waals surface area contributed by atoms with Gasteiger partial charge in [-0.25, -0.2) is 5.01 Å². The Labute approximate surface area is 171 Å². The summed E-state index contributed by atoms with van der Waals surface area (Å²) < 4.78 is 5.23. The summed E-state index contributed by atoms with van der Waals surface area (Å²) in [5, 5.41) is 14.3. The largest absolute Gasteiger partial charge is 0.338 e. The first-order chi connectivity index (χ1) is 13.6. The lowest BCUT2D eigenvalue weighted by Gasteiger charge is -2.23. The zero-order valence-electron chi connectivity index (χ0n) is 15.7. The fraction of sp³-hybridized carbons (Fsp3) is 0.368. The summed E-state index contributed by atoms with van der Waals surface area (Å²) >= 11 is 3.31. The van der Waals surface area contributed by atoms with Gasteiger partial charge in [-0.1, -0.05) is 24.2 Å². The summed E-state index contributed by atoms with van der Waals surface area (Å²) in [4.78, 5) is 21.5. The molecule has 1 amide bonds. The van der Waals surface area contributed by atoms with Crippen LogP contribution < -0.4 is 0 Å². The highest BCUT2D eigenvalue weighted by Crippen LogP contribution is 2.35. The number of hydrogen-bond acceptors (Lipinski definition) is 8. The summed E-state index contributed by atoms with van der Waals surface area (Å²) in [5.74, 6) is 1.16. The normalized spacial score (nSPS) is 16.8. The third-order valence-electron chi connectivity index (χ3n) is 4.48. The van der Waals surface area contributed by atoms with Gasteiger partial charge in [-0.3, -0.25) is 9.69 Å². The molecule has 4 rings (SSSR count). The quantitative estimate of drug-likeness (QED) is 0.590. The molecule has 1 atom stereocenters. The summed E-state index contributed by atoms with van der Waals surface area (Å²) in [6.07, 6.45) is 1.46. The van der Waals surface area contributed by atoms with E-state index in [-0.39, 0.29) is 18.5 Å². The van der Waals surface area contributed by atoms with Gasteiger partial charge >= 0.3 is 0 Å². The second-order valence-electron chi connectivity index (χ2n) is 6.63. The van der Waals surface area contributed by atoms with E-state index >= 15 is 0 Å². The summed E-state index contributed by atoms with van der Waals surface area (Å²) in [6, 6.07) is 8.09. The van der Waals surface area contributed by atoms with Gasteiger partial charge in [0.2, 0.25) is 5.89 Å². The molecule has 0 saturated carbocycles. The number of likely N-dealkylation sites (N-methyl/N-ethyl adjacent to an activating group) is 1. The van der Waals surface area contributed by atoms with Crippen LogP contribution in [0.1, 0.15) is 40.9 Å². The molecule has 9 heteroatoms. The van der Waals surface area contributed by atoms with E-state index in [0.29, 0.717) is 18.3 Å². The number of thiophene rings is 2. The number of hydrazone groups is 1. The van der Waals surface area contributed by atoms with Crippen molar-refractivity contribution in [1.29, 1.82) is 0 Å². The lowest BCUT2D eigenvalue weighted by molar-refractivity contribution is -0.134. The maximum Gasteiger partial charge on any atom is 0.257 e. The number of carbonyl (C=O) groups is 1. The van der Waals surface area contributed by atoms with Crippen molar-refractivity contribution < 1.29 is 9.32 Å². The average molecular weight is 416 g/mol. The molecule has 1 aliphatic rings. The Balaban J connectivity index is 1.48. The van der Waals surface area contributed by atoms with Gasteiger partial charge in [0.05, 0.1) is 29.7 Å². The van der Waals surface area contributed by atoms with Gasteiger partial charge in [0.15, 0.2) is 5.82 Å². The van der Waals surface area contributed by atoms with Gasteiger partial charge in [-0.15, -0.1) is 22.7 Å². The maximum atomic E-state index is 13.0. The molecule has 3 aromatic rings. The Bertz CT molecular complexity index is 949. The Morgan fingerprint density at radius 3 is 2.82 bits per heavy atom. The molecule has 0 N–H and O–H groups in total. The van der Waals surface area contributed by atoms with Crippen LogP contribution in [0.2, 0.25) is 0 Å². The fourth-order valence-corrected chi connectivity index (χ4v) is 4.66. The van der Waals surface area contributed by atoms with Crippen molar-refractivity contribution >= 4 is 34.3 Å². The maximum absolute atomic E-state index is 13.0. The van der Waals surface area contributed by atoms with Crippen LogP contribution in [0.15, 0.2) is 44.7 Å². The number of aromatic nitrogens is 2. The molecule has 0 aliphatic carbocycles. The standard InChI is InChI=1S/C19H21N5O2S2/c1-3-17-20-18(26-22-17)11-23(2)12-19(25)24-14(16-7-5-9-28-16)10-13(21-24)15-6-4-8-27-15/h4-9,14H,3,10-12H2,1-2H3. The van der Waals surface area contributed by atoms with Gasteiger partial charge in [0.1, 0.15) is 0 Å². The van der Waals surface area contributed by atoms with Gasteiger partial charge in [0, 0.05) is 17.7 Å². The Morgan fingerprint density at radius 1 is 1.32 bits per heavy atom. The average Bonchev–Trinajstić information content (AvgIpc) is 3.47.